The van der Waals surface area contributed by atoms with Crippen LogP contribution in [-0.4, -0.2) is 30.0 Å². The van der Waals surface area contributed by atoms with Gasteiger partial charge in [0.25, 0.3) is 0 Å². The monoisotopic (exact) mass is 303 g/mol. The summed E-state index contributed by atoms with van der Waals surface area (Å²) in [6.45, 7) is 3.38. The summed E-state index contributed by atoms with van der Waals surface area (Å²) in [6, 6.07) is 7.41. The molecule has 0 amide bonds. The van der Waals surface area contributed by atoms with Crippen molar-refractivity contribution in [1.29, 1.82) is 0 Å². The fourth-order valence-electron chi connectivity index (χ4n) is 1.73. The third-order valence-electron chi connectivity index (χ3n) is 2.90. The third-order valence-corrected chi connectivity index (χ3v) is 2.90. The quantitative estimate of drug-likeness (QED) is 0.761. The fraction of sp³-hybridized carbons (Fsp3) is 0.467. The van der Waals surface area contributed by atoms with Gasteiger partial charge in [-0.1, -0.05) is 29.8 Å². The van der Waals surface area contributed by atoms with Gasteiger partial charge in [-0.2, -0.15) is 13.2 Å². The number of aliphatic hydroxyl groups is 1. The summed E-state index contributed by atoms with van der Waals surface area (Å²) >= 11 is 0. The first-order valence-electron chi connectivity index (χ1n) is 6.63. The Morgan fingerprint density at radius 2 is 2.05 bits per heavy atom. The summed E-state index contributed by atoms with van der Waals surface area (Å²) in [5.74, 6) is 0. The molecule has 0 aliphatic carbocycles. The minimum Gasteiger partial charge on any atom is -0.502 e. The molecule has 1 atom stereocenters. The maximum Gasteiger partial charge on any atom is 0.422 e. The molecule has 0 aromatic heterocycles. The van der Waals surface area contributed by atoms with E-state index in [1.165, 1.54) is 0 Å². The molecule has 1 aromatic carbocycles. The van der Waals surface area contributed by atoms with Gasteiger partial charge in [0.2, 0.25) is 0 Å². The summed E-state index contributed by atoms with van der Waals surface area (Å²) in [4.78, 5) is 0. The molecular formula is C15H20F3NO2. The zero-order chi connectivity index (χ0) is 15.9. The van der Waals surface area contributed by atoms with Gasteiger partial charge < -0.3 is 15.2 Å². The number of hydrogen-bond acceptors (Lipinski definition) is 3. The van der Waals surface area contributed by atoms with E-state index in [2.05, 4.69) is 5.32 Å². The van der Waals surface area contributed by atoms with Crippen molar-refractivity contribution in [1.82, 2.24) is 5.32 Å². The number of alkyl halides is 3. The highest BCUT2D eigenvalue weighted by molar-refractivity contribution is 5.22. The normalized spacial score (nSPS) is 15.1. The third kappa shape index (κ3) is 5.40. The Morgan fingerprint density at radius 1 is 1.33 bits per heavy atom. The second-order valence-corrected chi connectivity index (χ2v) is 4.77. The summed E-state index contributed by atoms with van der Waals surface area (Å²) in [5.41, 5.74) is -1.07. The van der Waals surface area contributed by atoms with Gasteiger partial charge in [-0.05, 0) is 25.5 Å². The summed E-state index contributed by atoms with van der Waals surface area (Å²) in [7, 11) is 0. The molecule has 0 heterocycles. The molecule has 0 fully saturated rings. The number of halogens is 3. The van der Waals surface area contributed by atoms with Crippen molar-refractivity contribution in [2.45, 2.75) is 32.2 Å². The molecule has 1 aromatic rings. The minimum atomic E-state index is -4.78. The van der Waals surface area contributed by atoms with E-state index in [-0.39, 0.29) is 13.2 Å². The van der Waals surface area contributed by atoms with Crippen LogP contribution in [0.1, 0.15) is 18.1 Å². The molecule has 0 aliphatic rings. The van der Waals surface area contributed by atoms with Crippen molar-refractivity contribution in [3.63, 3.8) is 0 Å². The Morgan fingerprint density at radius 3 is 2.62 bits per heavy atom. The molecule has 1 rings (SSSR count). The smallest absolute Gasteiger partial charge is 0.422 e. The van der Waals surface area contributed by atoms with E-state index in [4.69, 9.17) is 4.74 Å². The van der Waals surface area contributed by atoms with Crippen LogP contribution in [0.25, 0.3) is 0 Å². The highest BCUT2D eigenvalue weighted by atomic mass is 19.4. The van der Waals surface area contributed by atoms with Crippen molar-refractivity contribution in [3.8, 4) is 0 Å². The lowest BCUT2D eigenvalue weighted by atomic mass is 10.0. The molecule has 2 N–H and O–H groups in total. The molecule has 6 heteroatoms. The van der Waals surface area contributed by atoms with E-state index in [0.29, 0.717) is 6.08 Å². The number of ether oxygens (including phenoxy) is 1. The van der Waals surface area contributed by atoms with Crippen LogP contribution in [0.3, 0.4) is 0 Å². The van der Waals surface area contributed by atoms with Gasteiger partial charge >= 0.3 is 6.18 Å². The maximum atomic E-state index is 12.9. The SMILES string of the molecule is CCOC=CC(O)(CNCc1cccc(C)c1)C(F)(F)F. The van der Waals surface area contributed by atoms with Crippen LogP contribution in [0.2, 0.25) is 0 Å². The molecule has 0 saturated carbocycles. The molecule has 0 aliphatic heterocycles. The molecular weight excluding hydrogens is 283 g/mol. The first-order valence-corrected chi connectivity index (χ1v) is 6.63. The van der Waals surface area contributed by atoms with Gasteiger partial charge in [0.05, 0.1) is 12.9 Å². The van der Waals surface area contributed by atoms with Gasteiger partial charge in [-0.15, -0.1) is 0 Å². The van der Waals surface area contributed by atoms with Crippen molar-refractivity contribution >= 4 is 0 Å². The Bertz CT molecular complexity index is 474. The number of benzene rings is 1. The van der Waals surface area contributed by atoms with E-state index in [1.807, 2.05) is 31.2 Å². The second-order valence-electron chi connectivity index (χ2n) is 4.77. The van der Waals surface area contributed by atoms with Crippen LogP contribution in [0, 0.1) is 6.92 Å². The summed E-state index contributed by atoms with van der Waals surface area (Å²) in [5, 5.41) is 12.4. The first kappa shape index (κ1) is 17.5. The Hall–Kier alpha value is -1.53. The number of aryl methyl sites for hydroxylation is 1. The summed E-state index contributed by atoms with van der Waals surface area (Å²) in [6.07, 6.45) is -3.28. The number of nitrogens with one attached hydrogen (secondary N) is 1. The zero-order valence-corrected chi connectivity index (χ0v) is 12.1. The lowest BCUT2D eigenvalue weighted by Crippen LogP contribution is -2.51. The van der Waals surface area contributed by atoms with Gasteiger partial charge in [0.15, 0.2) is 5.60 Å². The molecule has 21 heavy (non-hydrogen) atoms. The molecule has 0 spiro atoms. The Balaban J connectivity index is 2.66. The minimum absolute atomic E-state index is 0.237. The van der Waals surface area contributed by atoms with Crippen molar-refractivity contribution in [3.05, 3.63) is 47.7 Å². The molecule has 3 nitrogen and oxygen atoms in total. The average molecular weight is 303 g/mol. The van der Waals surface area contributed by atoms with E-state index >= 15 is 0 Å². The molecule has 0 bridgehead atoms. The summed E-state index contributed by atoms with van der Waals surface area (Å²) < 4.78 is 43.5. The van der Waals surface area contributed by atoms with Crippen LogP contribution < -0.4 is 5.32 Å². The predicted octanol–water partition coefficient (Wildman–Crippen LogP) is 2.93. The molecule has 118 valence electrons. The van der Waals surface area contributed by atoms with Gasteiger partial charge in [-0.3, -0.25) is 0 Å². The van der Waals surface area contributed by atoms with Crippen LogP contribution in [0.15, 0.2) is 36.6 Å². The predicted molar refractivity (Wildman–Crippen MR) is 74.7 cm³/mol. The van der Waals surface area contributed by atoms with Crippen molar-refractivity contribution < 1.29 is 23.0 Å². The maximum absolute atomic E-state index is 12.9. The van der Waals surface area contributed by atoms with Crippen molar-refractivity contribution in [2.75, 3.05) is 13.2 Å². The lowest BCUT2D eigenvalue weighted by Gasteiger charge is -2.27. The van der Waals surface area contributed by atoms with E-state index < -0.39 is 18.3 Å². The Labute approximate surface area is 122 Å². The topological polar surface area (TPSA) is 41.5 Å². The first-order chi connectivity index (χ1) is 9.78. The van der Waals surface area contributed by atoms with Gasteiger partial charge in [-0.25, -0.2) is 0 Å². The fourth-order valence-corrected chi connectivity index (χ4v) is 1.73. The van der Waals surface area contributed by atoms with Crippen molar-refractivity contribution in [2.24, 2.45) is 0 Å². The average Bonchev–Trinajstić information content (AvgIpc) is 2.38. The van der Waals surface area contributed by atoms with E-state index in [1.54, 1.807) is 6.92 Å². The van der Waals surface area contributed by atoms with Crippen LogP contribution >= 0.6 is 0 Å². The van der Waals surface area contributed by atoms with E-state index in [0.717, 1.165) is 17.4 Å². The lowest BCUT2D eigenvalue weighted by molar-refractivity contribution is -0.238. The van der Waals surface area contributed by atoms with Gasteiger partial charge in [0, 0.05) is 13.1 Å². The number of hydrogen-bond donors (Lipinski definition) is 2. The van der Waals surface area contributed by atoms with E-state index in [9.17, 15) is 18.3 Å². The molecule has 1 unspecified atom stereocenters. The van der Waals surface area contributed by atoms with Crippen LogP contribution in [0.5, 0.6) is 0 Å². The molecule has 0 radical (unpaired) electrons. The largest absolute Gasteiger partial charge is 0.502 e. The van der Waals surface area contributed by atoms with Crippen LogP contribution in [-0.2, 0) is 11.3 Å². The van der Waals surface area contributed by atoms with Crippen LogP contribution in [0.4, 0.5) is 13.2 Å². The molecule has 0 saturated heterocycles. The number of rotatable bonds is 7. The zero-order valence-electron chi connectivity index (χ0n) is 12.1. The highest BCUT2D eigenvalue weighted by Gasteiger charge is 2.51. The van der Waals surface area contributed by atoms with Gasteiger partial charge in [0.1, 0.15) is 0 Å². The standard InChI is InChI=1S/C15H20F3NO2/c1-3-21-8-7-14(20,15(16,17)18)11-19-10-13-6-4-5-12(2)9-13/h4-9,19-20H,3,10-11H2,1-2H3. The second kappa shape index (κ2) is 7.47. The Kier molecular flexibility index (Phi) is 6.23. The highest BCUT2D eigenvalue weighted by Crippen LogP contribution is 2.31.